The molecule has 0 fully saturated rings. The highest BCUT2D eigenvalue weighted by Crippen LogP contribution is 2.33. The third-order valence-corrected chi connectivity index (χ3v) is 8.42. The molecule has 1 N–H and O–H groups in total. The van der Waals surface area contributed by atoms with E-state index in [1.807, 2.05) is 13.8 Å². The van der Waals surface area contributed by atoms with Gasteiger partial charge in [-0.05, 0) is 66.9 Å². The van der Waals surface area contributed by atoms with Gasteiger partial charge in [-0.2, -0.15) is 0 Å². The van der Waals surface area contributed by atoms with E-state index in [0.29, 0.717) is 17.3 Å². The predicted octanol–water partition coefficient (Wildman–Crippen LogP) is 4.74. The number of sulfonamides is 1. The number of hydrogen-bond acceptors (Lipinski definition) is 6. The van der Waals surface area contributed by atoms with Gasteiger partial charge >= 0.3 is 0 Å². The van der Waals surface area contributed by atoms with E-state index >= 15 is 0 Å². The number of hydrogen-bond donors (Lipinski definition) is 1. The number of para-hydroxylation sites is 2. The van der Waals surface area contributed by atoms with Crippen molar-refractivity contribution in [1.82, 2.24) is 10.2 Å². The maximum Gasteiger partial charge on any atom is 0.264 e. The molecule has 9 nitrogen and oxygen atoms in total. The molecule has 41 heavy (non-hydrogen) atoms. The summed E-state index contributed by atoms with van der Waals surface area (Å²) in [7, 11) is -1.35. The summed E-state index contributed by atoms with van der Waals surface area (Å²) in [6.07, 6.45) is 0. The molecule has 0 unspecified atom stereocenters. The van der Waals surface area contributed by atoms with Gasteiger partial charge in [-0.15, -0.1) is 0 Å². The quantitative estimate of drug-likeness (QED) is 0.303. The molecule has 0 heterocycles. The van der Waals surface area contributed by atoms with Gasteiger partial charge in [0, 0.05) is 18.1 Å². The van der Waals surface area contributed by atoms with E-state index in [2.05, 4.69) is 5.32 Å². The zero-order chi connectivity index (χ0) is 30.2. The van der Waals surface area contributed by atoms with E-state index in [9.17, 15) is 18.0 Å². The van der Waals surface area contributed by atoms with Crippen LogP contribution in [0.3, 0.4) is 0 Å². The number of anilines is 1. The number of halogens is 1. The minimum absolute atomic E-state index is 0.0380. The van der Waals surface area contributed by atoms with Crippen LogP contribution in [0, 0.1) is 5.92 Å². The average molecular weight is 602 g/mol. The van der Waals surface area contributed by atoms with Gasteiger partial charge in [0.1, 0.15) is 24.1 Å². The molecule has 3 aromatic rings. The first-order valence-corrected chi connectivity index (χ1v) is 14.9. The Labute approximate surface area is 247 Å². The minimum atomic E-state index is -4.25. The molecule has 1 atom stereocenters. The number of rotatable bonds is 13. The van der Waals surface area contributed by atoms with Crippen LogP contribution >= 0.6 is 11.6 Å². The van der Waals surface area contributed by atoms with Crippen LogP contribution in [0.2, 0.25) is 5.02 Å². The third-order valence-electron chi connectivity index (χ3n) is 6.40. The topological polar surface area (TPSA) is 105 Å². The Hall–Kier alpha value is -3.76. The lowest BCUT2D eigenvalue weighted by Gasteiger charge is -2.32. The molecule has 2 amide bonds. The van der Waals surface area contributed by atoms with E-state index in [1.165, 1.54) is 43.4 Å². The monoisotopic (exact) mass is 601 g/mol. The molecule has 0 bridgehead atoms. The molecule has 0 radical (unpaired) electrons. The average Bonchev–Trinajstić information content (AvgIpc) is 2.97. The molecule has 0 aliphatic heterocycles. The van der Waals surface area contributed by atoms with Crippen LogP contribution < -0.4 is 19.1 Å². The van der Waals surface area contributed by atoms with E-state index in [-0.39, 0.29) is 34.7 Å². The molecule has 11 heteroatoms. The summed E-state index contributed by atoms with van der Waals surface area (Å²) in [5.41, 5.74) is 0.913. The maximum atomic E-state index is 14.0. The van der Waals surface area contributed by atoms with Crippen molar-refractivity contribution in [3.63, 3.8) is 0 Å². The first kappa shape index (κ1) is 31.8. The Morgan fingerprint density at radius 3 is 2.12 bits per heavy atom. The van der Waals surface area contributed by atoms with E-state index < -0.39 is 28.5 Å². The Kier molecular flexibility index (Phi) is 11.0. The molecular weight excluding hydrogens is 566 g/mol. The van der Waals surface area contributed by atoms with Crippen molar-refractivity contribution in [2.75, 3.05) is 31.6 Å². The van der Waals surface area contributed by atoms with Crippen molar-refractivity contribution in [3.05, 3.63) is 83.4 Å². The maximum absolute atomic E-state index is 14.0. The van der Waals surface area contributed by atoms with Crippen molar-refractivity contribution in [1.29, 1.82) is 0 Å². The third kappa shape index (κ3) is 8.14. The predicted molar refractivity (Wildman–Crippen MR) is 160 cm³/mol. The fourth-order valence-electron chi connectivity index (χ4n) is 4.05. The molecule has 0 spiro atoms. The van der Waals surface area contributed by atoms with Crippen LogP contribution in [-0.2, 0) is 26.2 Å². The molecule has 0 aliphatic rings. The van der Waals surface area contributed by atoms with Crippen LogP contribution in [0.1, 0.15) is 26.3 Å². The number of carbonyl (C=O) groups excluding carboxylic acids is 2. The summed E-state index contributed by atoms with van der Waals surface area (Å²) < 4.78 is 39.6. The lowest BCUT2D eigenvalue weighted by Crippen LogP contribution is -2.51. The van der Waals surface area contributed by atoms with Gasteiger partial charge in [0.2, 0.25) is 11.8 Å². The van der Waals surface area contributed by atoms with Gasteiger partial charge in [-0.25, -0.2) is 8.42 Å². The van der Waals surface area contributed by atoms with Crippen LogP contribution in [0.5, 0.6) is 11.5 Å². The highest BCUT2D eigenvalue weighted by Gasteiger charge is 2.33. The van der Waals surface area contributed by atoms with Crippen molar-refractivity contribution in [2.45, 2.75) is 38.3 Å². The highest BCUT2D eigenvalue weighted by molar-refractivity contribution is 7.92. The molecule has 0 aliphatic carbocycles. The second-order valence-corrected chi connectivity index (χ2v) is 12.1. The van der Waals surface area contributed by atoms with E-state index in [4.69, 9.17) is 21.1 Å². The first-order chi connectivity index (χ1) is 19.5. The van der Waals surface area contributed by atoms with Crippen molar-refractivity contribution in [3.8, 4) is 11.5 Å². The van der Waals surface area contributed by atoms with Gasteiger partial charge in [-0.3, -0.25) is 13.9 Å². The summed E-state index contributed by atoms with van der Waals surface area (Å²) in [5, 5.41) is 3.39. The number of nitrogens with zero attached hydrogens (tertiary/aromatic N) is 2. The van der Waals surface area contributed by atoms with Crippen LogP contribution in [0.15, 0.2) is 77.7 Å². The normalized spacial score (nSPS) is 12.0. The number of nitrogens with one attached hydrogen (secondary N) is 1. The zero-order valence-corrected chi connectivity index (χ0v) is 25.4. The van der Waals surface area contributed by atoms with Crippen molar-refractivity contribution < 1.29 is 27.5 Å². The molecule has 3 rings (SSSR count). The molecule has 0 saturated heterocycles. The summed E-state index contributed by atoms with van der Waals surface area (Å²) >= 11 is 6.05. The zero-order valence-electron chi connectivity index (χ0n) is 23.8. The molecule has 0 saturated carbocycles. The van der Waals surface area contributed by atoms with Gasteiger partial charge < -0.3 is 19.7 Å². The lowest BCUT2D eigenvalue weighted by atomic mass is 10.1. The van der Waals surface area contributed by atoms with E-state index in [0.717, 1.165) is 9.87 Å². The fourth-order valence-corrected chi connectivity index (χ4v) is 5.60. The Morgan fingerprint density at radius 1 is 0.902 bits per heavy atom. The van der Waals surface area contributed by atoms with Crippen LogP contribution in [0.25, 0.3) is 0 Å². The number of ether oxygens (including phenoxy) is 2. The standard InChI is InChI=1S/C30H36ClN3O6S/c1-21(2)18-32-30(36)22(3)33(19-23-10-12-24(31)13-11-23)29(35)20-34(27-8-6-7-9-28(27)40-5)41(37,38)26-16-14-25(39-4)15-17-26/h6-17,21-22H,18-20H2,1-5H3,(H,32,36)/t22-/m1/s1. The van der Waals surface area contributed by atoms with E-state index in [1.54, 1.807) is 55.5 Å². The summed E-state index contributed by atoms with van der Waals surface area (Å²) in [6, 6.07) is 18.4. The number of amides is 2. The Balaban J connectivity index is 2.05. The molecule has 0 aromatic heterocycles. The Morgan fingerprint density at radius 2 is 1.54 bits per heavy atom. The highest BCUT2D eigenvalue weighted by atomic mass is 35.5. The first-order valence-electron chi connectivity index (χ1n) is 13.1. The minimum Gasteiger partial charge on any atom is -0.497 e. The number of benzene rings is 3. The smallest absolute Gasteiger partial charge is 0.264 e. The molecular formula is C30H36ClN3O6S. The molecule has 3 aromatic carbocycles. The number of methoxy groups -OCH3 is 2. The van der Waals surface area contributed by atoms with Gasteiger partial charge in [0.25, 0.3) is 10.0 Å². The largest absolute Gasteiger partial charge is 0.497 e. The van der Waals surface area contributed by atoms with Gasteiger partial charge in [0.05, 0.1) is 24.8 Å². The second-order valence-electron chi connectivity index (χ2n) is 9.82. The second kappa shape index (κ2) is 14.2. The summed E-state index contributed by atoms with van der Waals surface area (Å²) in [6.45, 7) is 5.48. The lowest BCUT2D eigenvalue weighted by molar-refractivity contribution is -0.139. The summed E-state index contributed by atoms with van der Waals surface area (Å²) in [4.78, 5) is 28.4. The van der Waals surface area contributed by atoms with Gasteiger partial charge in [-0.1, -0.05) is 49.7 Å². The van der Waals surface area contributed by atoms with Crippen molar-refractivity contribution >= 4 is 39.1 Å². The van der Waals surface area contributed by atoms with Gasteiger partial charge in [0.15, 0.2) is 0 Å². The SMILES string of the molecule is COc1ccc(S(=O)(=O)N(CC(=O)N(Cc2ccc(Cl)cc2)[C@H](C)C(=O)NCC(C)C)c2ccccc2OC)cc1. The van der Waals surface area contributed by atoms with Crippen molar-refractivity contribution in [2.24, 2.45) is 5.92 Å². The van der Waals surface area contributed by atoms with Crippen LogP contribution in [0.4, 0.5) is 5.69 Å². The Bertz CT molecular complexity index is 1430. The summed E-state index contributed by atoms with van der Waals surface area (Å²) in [5.74, 6) is 0.0452. The number of carbonyl (C=O) groups is 2. The molecule has 220 valence electrons. The fraction of sp³-hybridized carbons (Fsp3) is 0.333. The van der Waals surface area contributed by atoms with Crippen LogP contribution in [-0.4, -0.2) is 58.5 Å².